The predicted molar refractivity (Wildman–Crippen MR) is 85.2 cm³/mol. The lowest BCUT2D eigenvalue weighted by Crippen LogP contribution is -2.45. The van der Waals surface area contributed by atoms with Crippen LogP contribution in [0.1, 0.15) is 31.0 Å². The third kappa shape index (κ3) is 2.53. The number of nitrogens with zero attached hydrogens (tertiary/aromatic N) is 2. The van der Waals surface area contributed by atoms with Crippen LogP contribution in [0, 0.1) is 0 Å². The van der Waals surface area contributed by atoms with Gasteiger partial charge in [0.2, 0.25) is 5.91 Å². The normalized spacial score (nSPS) is 17.7. The van der Waals surface area contributed by atoms with E-state index in [2.05, 4.69) is 34.6 Å². The predicted octanol–water partition coefficient (Wildman–Crippen LogP) is 2.65. The van der Waals surface area contributed by atoms with Gasteiger partial charge in [0.15, 0.2) is 5.13 Å². The Morgan fingerprint density at radius 2 is 1.95 bits per heavy atom. The van der Waals surface area contributed by atoms with Crippen molar-refractivity contribution in [2.24, 2.45) is 0 Å². The molecule has 0 spiro atoms. The van der Waals surface area contributed by atoms with E-state index >= 15 is 0 Å². The van der Waals surface area contributed by atoms with Crippen molar-refractivity contribution in [3.8, 4) is 0 Å². The summed E-state index contributed by atoms with van der Waals surface area (Å²) in [4.78, 5) is 18.0. The molecule has 2 heterocycles. The third-order valence-electron chi connectivity index (χ3n) is 4.40. The summed E-state index contributed by atoms with van der Waals surface area (Å²) in [5.41, 5.74) is 8.02. The Bertz CT molecular complexity index is 630. The number of likely N-dealkylation sites (tertiary alicyclic amines) is 1. The van der Waals surface area contributed by atoms with Gasteiger partial charge in [0.25, 0.3) is 0 Å². The summed E-state index contributed by atoms with van der Waals surface area (Å²) in [6.45, 7) is 3.17. The van der Waals surface area contributed by atoms with E-state index in [-0.39, 0.29) is 11.3 Å². The van der Waals surface area contributed by atoms with Crippen LogP contribution in [-0.2, 0) is 10.2 Å². The Balaban J connectivity index is 1.99. The number of anilines is 1. The topological polar surface area (TPSA) is 59.2 Å². The van der Waals surface area contributed by atoms with E-state index in [4.69, 9.17) is 5.73 Å². The summed E-state index contributed by atoms with van der Waals surface area (Å²) >= 11 is 1.48. The molecule has 1 aromatic heterocycles. The molecular formula is C16H19N3OS. The molecule has 0 atom stereocenters. The van der Waals surface area contributed by atoms with E-state index in [0.29, 0.717) is 5.13 Å². The van der Waals surface area contributed by atoms with Crippen molar-refractivity contribution in [3.05, 3.63) is 47.0 Å². The Morgan fingerprint density at radius 1 is 1.29 bits per heavy atom. The van der Waals surface area contributed by atoms with Crippen molar-refractivity contribution in [3.63, 3.8) is 0 Å². The summed E-state index contributed by atoms with van der Waals surface area (Å²) in [6, 6.07) is 10.4. The third-order valence-corrected chi connectivity index (χ3v) is 5.07. The average molecular weight is 301 g/mol. The molecule has 1 aromatic carbocycles. The van der Waals surface area contributed by atoms with E-state index in [1.54, 1.807) is 6.92 Å². The monoisotopic (exact) mass is 301 g/mol. The van der Waals surface area contributed by atoms with Crippen molar-refractivity contribution in [2.45, 2.75) is 25.2 Å². The van der Waals surface area contributed by atoms with E-state index in [1.165, 1.54) is 16.9 Å². The van der Waals surface area contributed by atoms with Gasteiger partial charge in [-0.1, -0.05) is 30.3 Å². The van der Waals surface area contributed by atoms with Crippen LogP contribution in [-0.4, -0.2) is 28.9 Å². The van der Waals surface area contributed by atoms with Crippen LogP contribution in [0.25, 0.3) is 0 Å². The van der Waals surface area contributed by atoms with Gasteiger partial charge >= 0.3 is 0 Å². The van der Waals surface area contributed by atoms with Gasteiger partial charge in [-0.05, 0) is 18.4 Å². The lowest BCUT2D eigenvalue weighted by molar-refractivity contribution is -0.130. The molecule has 1 aliphatic heterocycles. The highest BCUT2D eigenvalue weighted by Crippen LogP contribution is 2.42. The number of nitrogens with two attached hydrogens (primary N) is 1. The minimum absolute atomic E-state index is 0.124. The Hall–Kier alpha value is -1.88. The first-order valence-electron chi connectivity index (χ1n) is 7.14. The molecule has 1 amide bonds. The largest absolute Gasteiger partial charge is 0.375 e. The molecule has 21 heavy (non-hydrogen) atoms. The van der Waals surface area contributed by atoms with Crippen LogP contribution in [0.5, 0.6) is 0 Å². The molecule has 0 aliphatic carbocycles. The van der Waals surface area contributed by atoms with Gasteiger partial charge in [-0.2, -0.15) is 0 Å². The van der Waals surface area contributed by atoms with Crippen molar-refractivity contribution >= 4 is 22.4 Å². The number of piperidine rings is 1. The Morgan fingerprint density at radius 3 is 2.48 bits per heavy atom. The lowest BCUT2D eigenvalue weighted by Gasteiger charge is -2.41. The summed E-state index contributed by atoms with van der Waals surface area (Å²) in [5.74, 6) is 0.148. The Kier molecular flexibility index (Phi) is 3.68. The van der Waals surface area contributed by atoms with Crippen molar-refractivity contribution in [1.82, 2.24) is 9.88 Å². The molecule has 0 bridgehead atoms. The van der Waals surface area contributed by atoms with Crippen LogP contribution >= 0.6 is 11.3 Å². The highest BCUT2D eigenvalue weighted by atomic mass is 32.1. The lowest BCUT2D eigenvalue weighted by atomic mass is 9.70. The van der Waals surface area contributed by atoms with Crippen LogP contribution in [0.2, 0.25) is 0 Å². The minimum atomic E-state index is -0.124. The van der Waals surface area contributed by atoms with Crippen LogP contribution in [0.15, 0.2) is 35.7 Å². The van der Waals surface area contributed by atoms with E-state index in [0.717, 1.165) is 31.6 Å². The second-order valence-corrected chi connectivity index (χ2v) is 6.41. The molecular weight excluding hydrogens is 282 g/mol. The maximum atomic E-state index is 11.6. The van der Waals surface area contributed by atoms with Crippen molar-refractivity contribution < 1.29 is 4.79 Å². The molecule has 4 nitrogen and oxygen atoms in total. The van der Waals surface area contributed by atoms with Crippen molar-refractivity contribution in [1.29, 1.82) is 0 Å². The standard InChI is InChI=1S/C16H19N3OS/c1-12(20)19-9-7-16(8-10-19,13-5-3-2-4-6-13)14-11-21-15(17)18-14/h2-6,11H,7-10H2,1H3,(H2,17,18). The molecule has 1 aliphatic rings. The molecule has 0 radical (unpaired) electrons. The maximum Gasteiger partial charge on any atom is 0.219 e. The number of rotatable bonds is 2. The molecule has 0 saturated carbocycles. The second-order valence-electron chi connectivity index (χ2n) is 5.53. The fourth-order valence-electron chi connectivity index (χ4n) is 3.16. The zero-order valence-electron chi connectivity index (χ0n) is 12.1. The summed E-state index contributed by atoms with van der Waals surface area (Å²) in [6.07, 6.45) is 1.78. The fourth-order valence-corrected chi connectivity index (χ4v) is 3.82. The summed E-state index contributed by atoms with van der Waals surface area (Å²) in [7, 11) is 0. The zero-order valence-corrected chi connectivity index (χ0v) is 12.9. The molecule has 3 rings (SSSR count). The van der Waals surface area contributed by atoms with Gasteiger partial charge in [0.1, 0.15) is 0 Å². The SMILES string of the molecule is CC(=O)N1CCC(c2ccccc2)(c2csc(N)n2)CC1. The van der Waals surface area contributed by atoms with E-state index in [1.807, 2.05) is 11.0 Å². The highest BCUT2D eigenvalue weighted by molar-refractivity contribution is 7.13. The molecule has 1 saturated heterocycles. The quantitative estimate of drug-likeness (QED) is 0.927. The van der Waals surface area contributed by atoms with Crippen LogP contribution in [0.4, 0.5) is 5.13 Å². The average Bonchev–Trinajstić information content (AvgIpc) is 2.95. The number of carbonyl (C=O) groups is 1. The van der Waals surface area contributed by atoms with E-state index in [9.17, 15) is 4.79 Å². The summed E-state index contributed by atoms with van der Waals surface area (Å²) < 4.78 is 0. The number of aromatic nitrogens is 1. The van der Waals surface area contributed by atoms with Gasteiger partial charge in [-0.25, -0.2) is 4.98 Å². The minimum Gasteiger partial charge on any atom is -0.375 e. The maximum absolute atomic E-state index is 11.6. The fraction of sp³-hybridized carbons (Fsp3) is 0.375. The molecule has 2 N–H and O–H groups in total. The second kappa shape index (κ2) is 5.48. The number of amides is 1. The number of hydrogen-bond acceptors (Lipinski definition) is 4. The molecule has 2 aromatic rings. The van der Waals surface area contributed by atoms with Crippen LogP contribution in [0.3, 0.4) is 0 Å². The number of nitrogen functional groups attached to an aromatic ring is 1. The number of hydrogen-bond donors (Lipinski definition) is 1. The van der Waals surface area contributed by atoms with Crippen LogP contribution < -0.4 is 5.73 Å². The highest BCUT2D eigenvalue weighted by Gasteiger charge is 2.40. The number of benzene rings is 1. The molecule has 5 heteroatoms. The van der Waals surface area contributed by atoms with Gasteiger partial charge in [0.05, 0.1) is 5.69 Å². The molecule has 1 fully saturated rings. The van der Waals surface area contributed by atoms with Gasteiger partial charge in [-0.15, -0.1) is 11.3 Å². The van der Waals surface area contributed by atoms with Gasteiger partial charge < -0.3 is 10.6 Å². The first-order valence-corrected chi connectivity index (χ1v) is 8.02. The van der Waals surface area contributed by atoms with Gasteiger partial charge in [-0.3, -0.25) is 4.79 Å². The van der Waals surface area contributed by atoms with Crippen molar-refractivity contribution in [2.75, 3.05) is 18.8 Å². The molecule has 110 valence electrons. The zero-order chi connectivity index (χ0) is 14.9. The van der Waals surface area contributed by atoms with E-state index < -0.39 is 0 Å². The number of carbonyl (C=O) groups excluding carboxylic acids is 1. The summed E-state index contributed by atoms with van der Waals surface area (Å²) in [5, 5.41) is 2.67. The first kappa shape index (κ1) is 14.1. The number of thiazole rings is 1. The first-order chi connectivity index (χ1) is 10.1. The van der Waals surface area contributed by atoms with Gasteiger partial charge in [0, 0.05) is 30.8 Å². The molecule has 0 unspecified atom stereocenters. The Labute approximate surface area is 128 Å². The smallest absolute Gasteiger partial charge is 0.219 e.